The largest absolute Gasteiger partial charge is 0.316 e. The van der Waals surface area contributed by atoms with E-state index in [-0.39, 0.29) is 0 Å². The van der Waals surface area contributed by atoms with Gasteiger partial charge in [0.25, 0.3) is 0 Å². The average Bonchev–Trinajstić information content (AvgIpc) is 2.31. The number of rotatable bonds is 8. The second-order valence-corrected chi connectivity index (χ2v) is 5.98. The van der Waals surface area contributed by atoms with Crippen molar-refractivity contribution in [2.75, 3.05) is 32.7 Å². The normalized spacial score (nSPS) is 20.6. The Morgan fingerprint density at radius 1 is 1.29 bits per heavy atom. The van der Waals surface area contributed by atoms with Crippen molar-refractivity contribution in [1.29, 1.82) is 0 Å². The topological polar surface area (TPSA) is 15.3 Å². The lowest BCUT2D eigenvalue weighted by molar-refractivity contribution is 0.190. The lowest BCUT2D eigenvalue weighted by Crippen LogP contribution is -2.35. The highest BCUT2D eigenvalue weighted by atomic mass is 15.1. The van der Waals surface area contributed by atoms with Gasteiger partial charge in [-0.2, -0.15) is 0 Å². The van der Waals surface area contributed by atoms with Gasteiger partial charge in [0, 0.05) is 0 Å². The lowest BCUT2D eigenvalue weighted by Gasteiger charge is -2.30. The van der Waals surface area contributed by atoms with Crippen LogP contribution in [-0.2, 0) is 0 Å². The first kappa shape index (κ1) is 15.0. The van der Waals surface area contributed by atoms with Gasteiger partial charge in [0.05, 0.1) is 0 Å². The minimum atomic E-state index is 0.843. The maximum atomic E-state index is 3.59. The molecule has 1 atom stereocenters. The van der Waals surface area contributed by atoms with Crippen molar-refractivity contribution < 1.29 is 0 Å². The maximum Gasteiger partial charge on any atom is -0.000664 e. The molecule has 17 heavy (non-hydrogen) atoms. The standard InChI is InChI=1S/C15H32N2/c1-4-6-15(3)13-16-9-5-10-17-11-7-14(2)8-12-17/h14-16H,4-13H2,1-3H3. The van der Waals surface area contributed by atoms with E-state index in [0.29, 0.717) is 0 Å². The molecule has 0 aliphatic carbocycles. The Labute approximate surface area is 108 Å². The molecule has 0 bridgehead atoms. The first-order valence-electron chi connectivity index (χ1n) is 7.65. The highest BCUT2D eigenvalue weighted by molar-refractivity contribution is 4.69. The van der Waals surface area contributed by atoms with E-state index in [1.807, 2.05) is 0 Å². The third kappa shape index (κ3) is 7.05. The molecule has 1 aliphatic heterocycles. The summed E-state index contributed by atoms with van der Waals surface area (Å²) in [4.78, 5) is 2.64. The Kier molecular flexibility index (Phi) is 7.87. The molecule has 0 saturated carbocycles. The Balaban J connectivity index is 1.90. The van der Waals surface area contributed by atoms with E-state index in [1.54, 1.807) is 0 Å². The summed E-state index contributed by atoms with van der Waals surface area (Å²) in [5.74, 6) is 1.80. The average molecular weight is 240 g/mol. The summed E-state index contributed by atoms with van der Waals surface area (Å²) in [5.41, 5.74) is 0. The fourth-order valence-corrected chi connectivity index (χ4v) is 2.66. The first-order chi connectivity index (χ1) is 8.22. The second kappa shape index (κ2) is 8.93. The van der Waals surface area contributed by atoms with Crippen molar-refractivity contribution in [2.45, 2.75) is 52.9 Å². The van der Waals surface area contributed by atoms with Crippen molar-refractivity contribution in [3.8, 4) is 0 Å². The van der Waals surface area contributed by atoms with E-state index in [2.05, 4.69) is 31.0 Å². The van der Waals surface area contributed by atoms with Crippen LogP contribution < -0.4 is 5.32 Å². The number of piperidine rings is 1. The van der Waals surface area contributed by atoms with E-state index >= 15 is 0 Å². The zero-order valence-corrected chi connectivity index (χ0v) is 12.2. The van der Waals surface area contributed by atoms with Crippen molar-refractivity contribution in [3.05, 3.63) is 0 Å². The molecular weight excluding hydrogens is 208 g/mol. The van der Waals surface area contributed by atoms with Crippen LogP contribution in [0.5, 0.6) is 0 Å². The van der Waals surface area contributed by atoms with Crippen molar-refractivity contribution in [3.63, 3.8) is 0 Å². The third-order valence-electron chi connectivity index (χ3n) is 3.98. The number of nitrogens with one attached hydrogen (secondary N) is 1. The van der Waals surface area contributed by atoms with Gasteiger partial charge < -0.3 is 10.2 Å². The van der Waals surface area contributed by atoms with Crippen LogP contribution in [0.15, 0.2) is 0 Å². The molecule has 1 rings (SSSR count). The quantitative estimate of drug-likeness (QED) is 0.656. The molecule has 2 heteroatoms. The van der Waals surface area contributed by atoms with E-state index < -0.39 is 0 Å². The molecule has 102 valence electrons. The molecule has 1 N–H and O–H groups in total. The lowest BCUT2D eigenvalue weighted by atomic mass is 9.99. The van der Waals surface area contributed by atoms with E-state index in [1.165, 1.54) is 64.8 Å². The fraction of sp³-hybridized carbons (Fsp3) is 1.00. The molecule has 1 saturated heterocycles. The monoisotopic (exact) mass is 240 g/mol. The van der Waals surface area contributed by atoms with Crippen LogP contribution in [0.3, 0.4) is 0 Å². The van der Waals surface area contributed by atoms with Crippen LogP contribution in [0.1, 0.15) is 52.9 Å². The van der Waals surface area contributed by atoms with Crippen LogP contribution in [0.2, 0.25) is 0 Å². The predicted octanol–water partition coefficient (Wildman–Crippen LogP) is 3.13. The zero-order chi connectivity index (χ0) is 12.5. The molecule has 1 aliphatic rings. The number of hydrogen-bond donors (Lipinski definition) is 1. The summed E-state index contributed by atoms with van der Waals surface area (Å²) in [7, 11) is 0. The van der Waals surface area contributed by atoms with E-state index in [9.17, 15) is 0 Å². The van der Waals surface area contributed by atoms with Gasteiger partial charge in [-0.15, -0.1) is 0 Å². The van der Waals surface area contributed by atoms with Gasteiger partial charge in [0.1, 0.15) is 0 Å². The Hall–Kier alpha value is -0.0800. The van der Waals surface area contributed by atoms with Crippen molar-refractivity contribution in [2.24, 2.45) is 11.8 Å². The number of likely N-dealkylation sites (tertiary alicyclic amines) is 1. The van der Waals surface area contributed by atoms with Crippen LogP contribution in [0.4, 0.5) is 0 Å². The molecule has 0 aromatic rings. The summed E-state index contributed by atoms with van der Waals surface area (Å²) in [6.07, 6.45) is 6.79. The summed E-state index contributed by atoms with van der Waals surface area (Å²) >= 11 is 0. The zero-order valence-electron chi connectivity index (χ0n) is 12.2. The van der Waals surface area contributed by atoms with Gasteiger partial charge in [-0.3, -0.25) is 0 Å². The molecule has 0 aromatic carbocycles. The van der Waals surface area contributed by atoms with Crippen molar-refractivity contribution in [1.82, 2.24) is 10.2 Å². The van der Waals surface area contributed by atoms with Gasteiger partial charge in [-0.25, -0.2) is 0 Å². The Morgan fingerprint density at radius 3 is 2.65 bits per heavy atom. The van der Waals surface area contributed by atoms with Crippen molar-refractivity contribution >= 4 is 0 Å². The van der Waals surface area contributed by atoms with Gasteiger partial charge in [-0.1, -0.05) is 27.2 Å². The van der Waals surface area contributed by atoms with Crippen LogP contribution >= 0.6 is 0 Å². The van der Waals surface area contributed by atoms with Gasteiger partial charge in [0.2, 0.25) is 0 Å². The minimum absolute atomic E-state index is 0.843. The van der Waals surface area contributed by atoms with Gasteiger partial charge in [0.15, 0.2) is 0 Å². The molecule has 1 fully saturated rings. The Bertz CT molecular complexity index is 174. The third-order valence-corrected chi connectivity index (χ3v) is 3.98. The molecule has 0 radical (unpaired) electrons. The fourth-order valence-electron chi connectivity index (χ4n) is 2.66. The molecular formula is C15H32N2. The van der Waals surface area contributed by atoms with Crippen LogP contribution in [-0.4, -0.2) is 37.6 Å². The molecule has 1 heterocycles. The molecule has 0 spiro atoms. The smallest absolute Gasteiger partial charge is 0.000664 e. The molecule has 0 amide bonds. The van der Waals surface area contributed by atoms with Crippen LogP contribution in [0, 0.1) is 11.8 Å². The molecule has 1 unspecified atom stereocenters. The number of hydrogen-bond acceptors (Lipinski definition) is 2. The van der Waals surface area contributed by atoms with Gasteiger partial charge >= 0.3 is 0 Å². The van der Waals surface area contributed by atoms with E-state index in [4.69, 9.17) is 0 Å². The van der Waals surface area contributed by atoms with Gasteiger partial charge in [-0.05, 0) is 70.2 Å². The second-order valence-electron chi connectivity index (χ2n) is 5.98. The first-order valence-corrected chi connectivity index (χ1v) is 7.65. The summed E-state index contributed by atoms with van der Waals surface area (Å²) in [6, 6.07) is 0. The SMILES string of the molecule is CCCC(C)CNCCCN1CCC(C)CC1. The maximum absolute atomic E-state index is 3.59. The highest BCUT2D eigenvalue weighted by Gasteiger charge is 2.14. The number of nitrogens with zero attached hydrogens (tertiary/aromatic N) is 1. The molecule has 2 nitrogen and oxygen atoms in total. The summed E-state index contributed by atoms with van der Waals surface area (Å²) in [5, 5.41) is 3.59. The Morgan fingerprint density at radius 2 is 2.00 bits per heavy atom. The minimum Gasteiger partial charge on any atom is -0.316 e. The highest BCUT2D eigenvalue weighted by Crippen LogP contribution is 2.15. The van der Waals surface area contributed by atoms with Crippen LogP contribution in [0.25, 0.3) is 0 Å². The molecule has 0 aromatic heterocycles. The predicted molar refractivity (Wildman–Crippen MR) is 76.4 cm³/mol. The summed E-state index contributed by atoms with van der Waals surface area (Å²) in [6.45, 7) is 13.3. The van der Waals surface area contributed by atoms with E-state index in [0.717, 1.165) is 11.8 Å². The summed E-state index contributed by atoms with van der Waals surface area (Å²) < 4.78 is 0.